The van der Waals surface area contributed by atoms with Gasteiger partial charge in [-0.25, -0.2) is 14.4 Å². The number of aromatic nitrogens is 3. The molecule has 1 aromatic carbocycles. The summed E-state index contributed by atoms with van der Waals surface area (Å²) in [4.78, 5) is 26.1. The van der Waals surface area contributed by atoms with E-state index in [-0.39, 0.29) is 11.5 Å². The Labute approximate surface area is 177 Å². The number of nitrogens with one attached hydrogen (secondary N) is 2. The zero-order valence-electron chi connectivity index (χ0n) is 16.5. The lowest BCUT2D eigenvalue weighted by atomic mass is 9.96. The quantitative estimate of drug-likeness (QED) is 0.480. The van der Waals surface area contributed by atoms with E-state index in [1.54, 1.807) is 23.7 Å². The minimum Gasteiger partial charge on any atom is -0.369 e. The van der Waals surface area contributed by atoms with Gasteiger partial charge in [-0.15, -0.1) is 11.3 Å². The first kappa shape index (κ1) is 19.9. The number of carbonyl (C=O) groups is 1. The van der Waals surface area contributed by atoms with Crippen molar-refractivity contribution in [2.24, 2.45) is 0 Å². The van der Waals surface area contributed by atoms with Crippen molar-refractivity contribution in [3.8, 4) is 10.6 Å². The number of hydrogen-bond donors (Lipinski definition) is 2. The molecule has 0 aliphatic carbocycles. The molecule has 0 saturated carbocycles. The van der Waals surface area contributed by atoms with Crippen LogP contribution in [-0.4, -0.2) is 34.5 Å². The molecular formula is C22H20FN5OS. The Bertz CT molecular complexity index is 1200. The summed E-state index contributed by atoms with van der Waals surface area (Å²) in [6.45, 7) is 2.64. The van der Waals surface area contributed by atoms with E-state index >= 15 is 0 Å². The Balaban J connectivity index is 1.59. The molecule has 1 amide bonds. The van der Waals surface area contributed by atoms with Gasteiger partial charge in [0.25, 0.3) is 5.91 Å². The molecule has 1 atom stereocenters. The Morgan fingerprint density at radius 3 is 2.83 bits per heavy atom. The van der Waals surface area contributed by atoms with Gasteiger partial charge in [0.1, 0.15) is 12.1 Å². The van der Waals surface area contributed by atoms with Crippen LogP contribution in [0.15, 0.2) is 54.3 Å². The second-order valence-corrected chi connectivity index (χ2v) is 7.80. The Hall–Kier alpha value is -3.39. The highest BCUT2D eigenvalue weighted by Crippen LogP contribution is 2.28. The van der Waals surface area contributed by atoms with Crippen LogP contribution in [0.5, 0.6) is 0 Å². The van der Waals surface area contributed by atoms with Gasteiger partial charge in [-0.1, -0.05) is 31.2 Å². The van der Waals surface area contributed by atoms with Crippen molar-refractivity contribution in [2.75, 3.05) is 18.9 Å². The molecule has 30 heavy (non-hydrogen) atoms. The first-order chi connectivity index (χ1) is 14.6. The normalized spacial score (nSPS) is 12.0. The molecule has 6 nitrogen and oxygen atoms in total. The zero-order chi connectivity index (χ0) is 21.1. The highest BCUT2D eigenvalue weighted by Gasteiger charge is 2.19. The number of thiophene rings is 1. The van der Waals surface area contributed by atoms with Gasteiger partial charge in [0.05, 0.1) is 27.8 Å². The number of fused-ring (bicyclic) bond motifs is 1. The minimum atomic E-state index is -0.633. The summed E-state index contributed by atoms with van der Waals surface area (Å²) in [6, 6.07) is 11.4. The van der Waals surface area contributed by atoms with Gasteiger partial charge in [0, 0.05) is 31.0 Å². The van der Waals surface area contributed by atoms with Crippen molar-refractivity contribution < 1.29 is 9.18 Å². The van der Waals surface area contributed by atoms with Crippen LogP contribution in [0.2, 0.25) is 0 Å². The third-order valence-electron chi connectivity index (χ3n) is 4.90. The van der Waals surface area contributed by atoms with Crippen LogP contribution in [0.4, 0.5) is 10.2 Å². The van der Waals surface area contributed by atoms with E-state index in [0.29, 0.717) is 17.4 Å². The number of anilines is 1. The van der Waals surface area contributed by atoms with Crippen LogP contribution in [-0.2, 0) is 0 Å². The number of hydrogen-bond acceptors (Lipinski definition) is 6. The Morgan fingerprint density at radius 1 is 1.20 bits per heavy atom. The molecule has 8 heteroatoms. The number of benzene rings is 1. The van der Waals surface area contributed by atoms with Crippen molar-refractivity contribution in [1.82, 2.24) is 20.3 Å². The molecule has 2 N–H and O–H groups in total. The molecule has 4 rings (SSSR count). The maximum absolute atomic E-state index is 14.3. The predicted molar refractivity (Wildman–Crippen MR) is 117 cm³/mol. The minimum absolute atomic E-state index is 0.0147. The first-order valence-corrected chi connectivity index (χ1v) is 10.4. The third kappa shape index (κ3) is 3.86. The molecule has 4 aromatic rings. The Morgan fingerprint density at radius 2 is 2.07 bits per heavy atom. The van der Waals surface area contributed by atoms with Crippen molar-refractivity contribution in [2.45, 2.75) is 12.8 Å². The predicted octanol–water partition coefficient (Wildman–Crippen LogP) is 4.47. The fourth-order valence-corrected chi connectivity index (χ4v) is 4.05. The van der Waals surface area contributed by atoms with Gasteiger partial charge in [0.2, 0.25) is 0 Å². The zero-order valence-corrected chi connectivity index (χ0v) is 17.3. The van der Waals surface area contributed by atoms with Crippen LogP contribution < -0.4 is 10.6 Å². The number of nitrogens with zero attached hydrogens (tertiary/aromatic N) is 3. The largest absolute Gasteiger partial charge is 0.369 e. The van der Waals surface area contributed by atoms with E-state index in [9.17, 15) is 9.18 Å². The molecule has 3 heterocycles. The van der Waals surface area contributed by atoms with Gasteiger partial charge in [-0.3, -0.25) is 9.78 Å². The van der Waals surface area contributed by atoms with Crippen LogP contribution in [0.1, 0.15) is 28.8 Å². The van der Waals surface area contributed by atoms with E-state index in [1.807, 2.05) is 42.6 Å². The number of rotatable bonds is 6. The highest BCUT2D eigenvalue weighted by molar-refractivity contribution is 7.13. The molecule has 0 aliphatic heterocycles. The summed E-state index contributed by atoms with van der Waals surface area (Å²) in [5.74, 6) is -0.327. The fourth-order valence-electron chi connectivity index (χ4n) is 3.36. The molecular weight excluding hydrogens is 401 g/mol. The molecule has 152 valence electrons. The number of carbonyl (C=O) groups excluding carboxylic acids is 1. The van der Waals surface area contributed by atoms with Crippen LogP contribution in [0.25, 0.3) is 21.5 Å². The van der Waals surface area contributed by atoms with Gasteiger partial charge in [-0.05, 0) is 17.0 Å². The summed E-state index contributed by atoms with van der Waals surface area (Å²) in [7, 11) is 1.48. The van der Waals surface area contributed by atoms with Gasteiger partial charge in [0.15, 0.2) is 5.82 Å². The lowest BCUT2D eigenvalue weighted by molar-refractivity contribution is 0.0961. The van der Waals surface area contributed by atoms with Gasteiger partial charge < -0.3 is 10.6 Å². The monoisotopic (exact) mass is 421 g/mol. The second-order valence-electron chi connectivity index (χ2n) is 6.85. The molecule has 0 aliphatic rings. The molecule has 0 radical (unpaired) electrons. The summed E-state index contributed by atoms with van der Waals surface area (Å²) in [6.07, 6.45) is 2.65. The molecule has 0 fully saturated rings. The lowest BCUT2D eigenvalue weighted by Gasteiger charge is -2.16. The molecule has 0 bridgehead atoms. The van der Waals surface area contributed by atoms with Crippen LogP contribution in [0, 0.1) is 5.82 Å². The van der Waals surface area contributed by atoms with Crippen molar-refractivity contribution in [1.29, 1.82) is 0 Å². The number of halogens is 1. The van der Waals surface area contributed by atoms with E-state index in [1.165, 1.54) is 7.05 Å². The number of amides is 1. The maximum Gasteiger partial charge on any atom is 0.254 e. The molecule has 3 aromatic heterocycles. The van der Waals surface area contributed by atoms with E-state index in [4.69, 9.17) is 0 Å². The first-order valence-electron chi connectivity index (χ1n) is 9.47. The van der Waals surface area contributed by atoms with Crippen LogP contribution >= 0.6 is 11.3 Å². The van der Waals surface area contributed by atoms with E-state index in [0.717, 1.165) is 28.1 Å². The van der Waals surface area contributed by atoms with Crippen molar-refractivity contribution in [3.05, 3.63) is 71.2 Å². The average molecular weight is 422 g/mol. The average Bonchev–Trinajstić information content (AvgIpc) is 3.31. The maximum atomic E-state index is 14.3. The lowest BCUT2D eigenvalue weighted by Crippen LogP contribution is -2.20. The smallest absolute Gasteiger partial charge is 0.254 e. The number of para-hydroxylation sites is 1. The van der Waals surface area contributed by atoms with E-state index in [2.05, 4.69) is 25.6 Å². The summed E-state index contributed by atoms with van der Waals surface area (Å²) < 4.78 is 14.3. The summed E-state index contributed by atoms with van der Waals surface area (Å²) >= 11 is 1.62. The van der Waals surface area contributed by atoms with Crippen LogP contribution in [0.3, 0.4) is 0 Å². The fraction of sp³-hybridized carbons (Fsp3) is 0.182. The third-order valence-corrected chi connectivity index (χ3v) is 5.79. The summed E-state index contributed by atoms with van der Waals surface area (Å²) in [5.41, 5.74) is 2.43. The Kier molecular flexibility index (Phi) is 5.67. The molecule has 0 saturated heterocycles. The topological polar surface area (TPSA) is 79.8 Å². The number of pyridine rings is 1. The van der Waals surface area contributed by atoms with E-state index < -0.39 is 11.7 Å². The molecule has 0 spiro atoms. The molecule has 0 unspecified atom stereocenters. The highest BCUT2D eigenvalue weighted by atomic mass is 32.1. The second kappa shape index (κ2) is 8.54. The SMILES string of the molecule is CNC(=O)c1c(F)cnc2c([C@H](C)CNc3cc(-c4cccs4)ncn3)cccc12. The van der Waals surface area contributed by atoms with Gasteiger partial charge in [-0.2, -0.15) is 0 Å². The van der Waals surface area contributed by atoms with Gasteiger partial charge >= 0.3 is 0 Å². The van der Waals surface area contributed by atoms with Crippen molar-refractivity contribution in [3.63, 3.8) is 0 Å². The standard InChI is InChI=1S/C22H20FN5OS/c1-13(10-25-19-9-17(27-12-28-19)18-7-4-8-30-18)14-5-3-6-15-20(22(29)24-2)16(23)11-26-21(14)15/h3-9,11-13H,10H2,1-2H3,(H,24,29)(H,25,27,28)/t13-/m1/s1. The summed E-state index contributed by atoms with van der Waals surface area (Å²) in [5, 5.41) is 8.35. The van der Waals surface area contributed by atoms with Crippen molar-refractivity contribution >= 4 is 34.0 Å².